The minimum atomic E-state index is -0.507. The fourth-order valence-electron chi connectivity index (χ4n) is 2.95. The van der Waals surface area contributed by atoms with Gasteiger partial charge < -0.3 is 46.6 Å². The van der Waals surface area contributed by atoms with Crippen LogP contribution in [0.15, 0.2) is 0 Å². The molecule has 0 spiro atoms. The molecule has 5 unspecified atom stereocenters. The van der Waals surface area contributed by atoms with Gasteiger partial charge in [-0.25, -0.2) is 0 Å². The molecule has 0 aromatic carbocycles. The molecular weight excluding hydrogens is 436 g/mol. The van der Waals surface area contributed by atoms with Crippen LogP contribution in [0.2, 0.25) is 0 Å². The molecule has 0 aliphatic carbocycles. The van der Waals surface area contributed by atoms with Crippen molar-refractivity contribution in [1.29, 1.82) is 0 Å². The van der Waals surface area contributed by atoms with E-state index in [1.165, 1.54) is 0 Å². The van der Waals surface area contributed by atoms with Crippen molar-refractivity contribution in [3.63, 3.8) is 0 Å². The average molecular weight is 493 g/mol. The maximum absolute atomic E-state index is 6.17. The summed E-state index contributed by atoms with van der Waals surface area (Å²) < 4.78 is 30.2. The summed E-state index contributed by atoms with van der Waals surface area (Å²) in [6.07, 6.45) is 4.25. The van der Waals surface area contributed by atoms with Crippen molar-refractivity contribution in [1.82, 2.24) is 0 Å². The molecule has 0 bridgehead atoms. The fourth-order valence-corrected chi connectivity index (χ4v) is 2.95. The van der Waals surface area contributed by atoms with Crippen LogP contribution in [0, 0.1) is 5.41 Å². The Balaban J connectivity index is 5.21. The maximum Gasteiger partial charge on any atom is 0.0806 e. The van der Waals surface area contributed by atoms with Crippen LogP contribution in [0.5, 0.6) is 0 Å². The van der Waals surface area contributed by atoms with E-state index in [0.29, 0.717) is 59.5 Å². The first-order chi connectivity index (χ1) is 16.2. The lowest BCUT2D eigenvalue weighted by Gasteiger charge is -2.34. The first-order valence-corrected chi connectivity index (χ1v) is 13.2. The monoisotopic (exact) mass is 492 g/mol. The lowest BCUT2D eigenvalue weighted by atomic mass is 9.92. The average Bonchev–Trinajstić information content (AvgIpc) is 2.85. The maximum atomic E-state index is 6.17. The Morgan fingerprint density at radius 2 is 0.794 bits per heavy atom. The van der Waals surface area contributed by atoms with Gasteiger partial charge >= 0.3 is 0 Å². The molecular formula is C25H56N4O5. The van der Waals surface area contributed by atoms with Crippen LogP contribution < -0.4 is 22.9 Å². The van der Waals surface area contributed by atoms with Crippen molar-refractivity contribution < 1.29 is 23.7 Å². The third-order valence-electron chi connectivity index (χ3n) is 6.03. The van der Waals surface area contributed by atoms with E-state index in [1.54, 1.807) is 0 Å². The highest BCUT2D eigenvalue weighted by atomic mass is 16.5. The summed E-state index contributed by atoms with van der Waals surface area (Å²) >= 11 is 0. The zero-order chi connectivity index (χ0) is 25.8. The molecule has 9 nitrogen and oxygen atoms in total. The smallest absolute Gasteiger partial charge is 0.0806 e. The molecule has 0 heterocycles. The summed E-state index contributed by atoms with van der Waals surface area (Å²) in [7, 11) is 0. The second kappa shape index (κ2) is 20.8. The fraction of sp³-hybridized carbons (Fsp3) is 1.00. The van der Waals surface area contributed by atoms with Crippen LogP contribution in [-0.4, -0.2) is 89.7 Å². The summed E-state index contributed by atoms with van der Waals surface area (Å²) in [6.45, 7) is 14.3. The molecule has 0 aromatic rings. The molecule has 8 N–H and O–H groups in total. The first-order valence-electron chi connectivity index (χ1n) is 13.2. The quantitative estimate of drug-likeness (QED) is 0.158. The van der Waals surface area contributed by atoms with E-state index in [9.17, 15) is 0 Å². The van der Waals surface area contributed by atoms with Gasteiger partial charge in [-0.15, -0.1) is 0 Å². The van der Waals surface area contributed by atoms with E-state index in [1.807, 2.05) is 20.8 Å². The molecule has 9 heteroatoms. The second-order valence-corrected chi connectivity index (χ2v) is 9.60. The van der Waals surface area contributed by atoms with Gasteiger partial charge in [-0.3, -0.25) is 0 Å². The number of ether oxygens (including phenoxy) is 5. The first kappa shape index (κ1) is 33.6. The normalized spacial score (nSPS) is 18.3. The van der Waals surface area contributed by atoms with Gasteiger partial charge in [-0.2, -0.15) is 0 Å². The van der Waals surface area contributed by atoms with Gasteiger partial charge in [-0.05, 0) is 32.1 Å². The van der Waals surface area contributed by atoms with Gasteiger partial charge in [0.05, 0.1) is 71.0 Å². The van der Waals surface area contributed by atoms with Gasteiger partial charge in [0.1, 0.15) is 0 Å². The largest absolute Gasteiger partial charge is 0.379 e. The van der Waals surface area contributed by atoms with E-state index in [-0.39, 0.29) is 30.3 Å². The summed E-state index contributed by atoms with van der Waals surface area (Å²) in [6, 6.07) is 0.00560. The highest BCUT2D eigenvalue weighted by Gasteiger charge is 2.33. The molecule has 0 aromatic heterocycles. The van der Waals surface area contributed by atoms with Gasteiger partial charge in [0.25, 0.3) is 0 Å². The Bertz CT molecular complexity index is 420. The van der Waals surface area contributed by atoms with Crippen molar-refractivity contribution in [2.24, 2.45) is 28.3 Å². The van der Waals surface area contributed by atoms with E-state index in [0.717, 1.165) is 32.1 Å². The predicted molar refractivity (Wildman–Crippen MR) is 139 cm³/mol. The van der Waals surface area contributed by atoms with Crippen LogP contribution >= 0.6 is 0 Å². The SMILES string of the molecule is CCC(N)COCC(COCC(N)CC)(COCC(N)CC)COCC(CC)OCC(N)CC. The Morgan fingerprint density at radius 3 is 1.12 bits per heavy atom. The summed E-state index contributed by atoms with van der Waals surface area (Å²) in [5, 5.41) is 0. The molecule has 0 aliphatic heterocycles. The van der Waals surface area contributed by atoms with Crippen LogP contribution in [0.1, 0.15) is 66.7 Å². The summed E-state index contributed by atoms with van der Waals surface area (Å²) in [5.41, 5.74) is 23.7. The van der Waals surface area contributed by atoms with Gasteiger partial charge in [0.15, 0.2) is 0 Å². The van der Waals surface area contributed by atoms with Crippen molar-refractivity contribution >= 4 is 0 Å². The van der Waals surface area contributed by atoms with Crippen LogP contribution in [0.25, 0.3) is 0 Å². The van der Waals surface area contributed by atoms with Gasteiger partial charge in [0.2, 0.25) is 0 Å². The molecule has 0 amide bonds. The zero-order valence-electron chi connectivity index (χ0n) is 22.6. The van der Waals surface area contributed by atoms with E-state index in [2.05, 4.69) is 13.8 Å². The number of hydrogen-bond acceptors (Lipinski definition) is 9. The lowest BCUT2D eigenvalue weighted by Crippen LogP contribution is -2.45. The summed E-state index contributed by atoms with van der Waals surface area (Å²) in [4.78, 5) is 0. The minimum absolute atomic E-state index is 0.0110. The molecule has 0 rings (SSSR count). The van der Waals surface area contributed by atoms with Gasteiger partial charge in [0, 0.05) is 24.2 Å². The number of nitrogens with two attached hydrogens (primary N) is 4. The van der Waals surface area contributed by atoms with Crippen molar-refractivity contribution in [2.45, 2.75) is 97.0 Å². The summed E-state index contributed by atoms with van der Waals surface area (Å²) in [5.74, 6) is 0. The highest BCUT2D eigenvalue weighted by Crippen LogP contribution is 2.22. The molecule has 0 aliphatic rings. The molecule has 5 atom stereocenters. The van der Waals surface area contributed by atoms with Crippen molar-refractivity contribution in [3.8, 4) is 0 Å². The zero-order valence-corrected chi connectivity index (χ0v) is 22.6. The Morgan fingerprint density at radius 1 is 0.471 bits per heavy atom. The molecule has 0 radical (unpaired) electrons. The second-order valence-electron chi connectivity index (χ2n) is 9.60. The van der Waals surface area contributed by atoms with Crippen LogP contribution in [0.4, 0.5) is 0 Å². The lowest BCUT2D eigenvalue weighted by molar-refractivity contribution is -0.122. The Labute approximate surface area is 208 Å². The number of hydrogen-bond donors (Lipinski definition) is 4. The van der Waals surface area contributed by atoms with Crippen molar-refractivity contribution in [3.05, 3.63) is 0 Å². The van der Waals surface area contributed by atoms with Crippen molar-refractivity contribution in [2.75, 3.05) is 59.5 Å². The van der Waals surface area contributed by atoms with E-state index in [4.69, 9.17) is 46.6 Å². The van der Waals surface area contributed by atoms with Crippen LogP contribution in [0.3, 0.4) is 0 Å². The standard InChI is InChI=1S/C25H56N4O5/c1-6-20(26)11-30-16-25(17-31-12-21(27)7-2,18-32-13-22(28)8-3)19-33-15-24(10-5)34-14-23(29)9-4/h20-24H,6-19,26-29H2,1-5H3. The van der Waals surface area contributed by atoms with E-state index < -0.39 is 5.41 Å². The van der Waals surface area contributed by atoms with E-state index >= 15 is 0 Å². The minimum Gasteiger partial charge on any atom is -0.379 e. The third kappa shape index (κ3) is 16.3. The van der Waals surface area contributed by atoms with Crippen LogP contribution in [-0.2, 0) is 23.7 Å². The Hall–Kier alpha value is -0.360. The Kier molecular flexibility index (Phi) is 20.6. The molecule has 0 saturated carbocycles. The van der Waals surface area contributed by atoms with Gasteiger partial charge in [-0.1, -0.05) is 34.6 Å². The molecule has 34 heavy (non-hydrogen) atoms. The third-order valence-corrected chi connectivity index (χ3v) is 6.03. The topological polar surface area (TPSA) is 150 Å². The molecule has 206 valence electrons. The highest BCUT2D eigenvalue weighted by molar-refractivity contribution is 4.81. The predicted octanol–water partition coefficient (Wildman–Crippen LogP) is 1.78. The molecule has 0 fully saturated rings. The number of rotatable bonds is 24. The molecule has 0 saturated heterocycles.